The summed E-state index contributed by atoms with van der Waals surface area (Å²) in [7, 11) is 0. The molecular weight excluding hydrogens is 164 g/mol. The van der Waals surface area contributed by atoms with Crippen LogP contribution in [0, 0.1) is 0 Å². The number of nitrogens with zero attached hydrogens (tertiary/aromatic N) is 1. The van der Waals surface area contributed by atoms with Crippen LogP contribution in [0.1, 0.15) is 20.8 Å². The quantitative estimate of drug-likeness (QED) is 0.663. The van der Waals surface area contributed by atoms with E-state index in [1.54, 1.807) is 6.08 Å². The Labute approximate surface area is 80.3 Å². The molecule has 74 valence electrons. The lowest BCUT2D eigenvalue weighted by atomic mass is 10.3. The minimum absolute atomic E-state index is 0.0800. The van der Waals surface area contributed by atoms with Crippen LogP contribution in [0.25, 0.3) is 0 Å². The highest BCUT2D eigenvalue weighted by Crippen LogP contribution is 1.79. The molecule has 1 amide bonds. The summed E-state index contributed by atoms with van der Waals surface area (Å²) >= 11 is 0. The van der Waals surface area contributed by atoms with E-state index in [0.717, 1.165) is 0 Å². The predicted molar refractivity (Wildman–Crippen MR) is 57.9 cm³/mol. The summed E-state index contributed by atoms with van der Waals surface area (Å²) in [5.41, 5.74) is 0.704. The molecule has 0 rings (SSSR count). The molecule has 0 aliphatic heterocycles. The topological polar surface area (TPSA) is 41.5 Å². The summed E-state index contributed by atoms with van der Waals surface area (Å²) in [5, 5.41) is 2.59. The molecule has 0 aromatic heterocycles. The molecule has 0 fully saturated rings. The van der Waals surface area contributed by atoms with Gasteiger partial charge in [-0.1, -0.05) is 27.0 Å². The molecule has 0 aliphatic rings. The van der Waals surface area contributed by atoms with E-state index < -0.39 is 0 Å². The number of carbonyl (C=O) groups is 1. The zero-order valence-electron chi connectivity index (χ0n) is 8.63. The maximum atomic E-state index is 10.4. The minimum atomic E-state index is -0.0800. The summed E-state index contributed by atoms with van der Waals surface area (Å²) in [6, 6.07) is 0. The van der Waals surface area contributed by atoms with Crippen LogP contribution in [0.3, 0.4) is 0 Å². The molecule has 0 aromatic carbocycles. The van der Waals surface area contributed by atoms with Crippen molar-refractivity contribution >= 4 is 11.6 Å². The van der Waals surface area contributed by atoms with Crippen molar-refractivity contribution in [2.45, 2.75) is 20.8 Å². The second kappa shape index (κ2) is 10.6. The van der Waals surface area contributed by atoms with Crippen LogP contribution in [0.5, 0.6) is 0 Å². The zero-order valence-corrected chi connectivity index (χ0v) is 8.63. The van der Waals surface area contributed by atoms with Gasteiger partial charge in [0.05, 0.1) is 12.3 Å². The third kappa shape index (κ3) is 10.6. The number of amides is 1. The molecule has 1 N–H and O–H groups in total. The van der Waals surface area contributed by atoms with Gasteiger partial charge in [-0.15, -0.1) is 0 Å². The summed E-state index contributed by atoms with van der Waals surface area (Å²) in [6.07, 6.45) is 3.00. The van der Waals surface area contributed by atoms with Crippen LogP contribution in [0.2, 0.25) is 0 Å². The molecule has 13 heavy (non-hydrogen) atoms. The Balaban J connectivity index is 0. The summed E-state index contributed by atoms with van der Waals surface area (Å²) in [4.78, 5) is 14.3. The van der Waals surface area contributed by atoms with E-state index in [9.17, 15) is 4.79 Å². The standard InChI is InChI=1S/C8H12N2O.C2H6/c1-4-8(9-5-2)6-10-7(3)11;1-2/h4-5H,1-2,6H2,3H3,(H,10,11);1-2H3. The lowest BCUT2D eigenvalue weighted by molar-refractivity contribution is -0.118. The SMILES string of the molecule is C=CN=C(C=C)CNC(C)=O.CC. The predicted octanol–water partition coefficient (Wildman–Crippen LogP) is 1.92. The monoisotopic (exact) mass is 182 g/mol. The molecule has 0 aromatic rings. The summed E-state index contributed by atoms with van der Waals surface area (Å²) < 4.78 is 0. The molecule has 0 bridgehead atoms. The van der Waals surface area contributed by atoms with Crippen LogP contribution in [-0.2, 0) is 4.79 Å². The molecular formula is C10H18N2O. The molecule has 0 spiro atoms. The minimum Gasteiger partial charge on any atom is -0.351 e. The van der Waals surface area contributed by atoms with Crippen molar-refractivity contribution in [1.82, 2.24) is 5.32 Å². The number of nitrogens with one attached hydrogen (secondary N) is 1. The molecule has 3 heteroatoms. The van der Waals surface area contributed by atoms with Gasteiger partial charge >= 0.3 is 0 Å². The number of hydrogen-bond acceptors (Lipinski definition) is 2. The third-order valence-electron chi connectivity index (χ3n) is 1.01. The van der Waals surface area contributed by atoms with Gasteiger partial charge < -0.3 is 5.32 Å². The van der Waals surface area contributed by atoms with Gasteiger partial charge in [0.15, 0.2) is 0 Å². The highest BCUT2D eigenvalue weighted by Gasteiger charge is 1.93. The van der Waals surface area contributed by atoms with Gasteiger partial charge in [0.2, 0.25) is 5.91 Å². The summed E-state index contributed by atoms with van der Waals surface area (Å²) in [6.45, 7) is 12.8. The smallest absolute Gasteiger partial charge is 0.217 e. The second-order valence-corrected chi connectivity index (χ2v) is 1.92. The Kier molecular flexibility index (Phi) is 11.6. The van der Waals surface area contributed by atoms with Crippen molar-refractivity contribution in [3.8, 4) is 0 Å². The number of hydrogen-bond donors (Lipinski definition) is 1. The first-order chi connectivity index (χ1) is 6.20. The molecule has 0 saturated carbocycles. The fraction of sp³-hybridized carbons (Fsp3) is 0.400. The van der Waals surface area contributed by atoms with Gasteiger partial charge in [-0.2, -0.15) is 0 Å². The van der Waals surface area contributed by atoms with Crippen molar-refractivity contribution in [2.24, 2.45) is 4.99 Å². The van der Waals surface area contributed by atoms with E-state index >= 15 is 0 Å². The Morgan fingerprint density at radius 3 is 2.31 bits per heavy atom. The third-order valence-corrected chi connectivity index (χ3v) is 1.01. The Morgan fingerprint density at radius 1 is 1.46 bits per heavy atom. The normalized spacial score (nSPS) is 9.31. The molecule has 0 aliphatic carbocycles. The van der Waals surface area contributed by atoms with Gasteiger partial charge in [-0.05, 0) is 6.08 Å². The Hall–Kier alpha value is -1.38. The van der Waals surface area contributed by atoms with Gasteiger partial charge in [0, 0.05) is 13.1 Å². The zero-order chi connectivity index (χ0) is 10.7. The van der Waals surface area contributed by atoms with Crippen LogP contribution in [-0.4, -0.2) is 18.2 Å². The van der Waals surface area contributed by atoms with Crippen molar-refractivity contribution in [2.75, 3.05) is 6.54 Å². The van der Waals surface area contributed by atoms with Crippen LogP contribution in [0.4, 0.5) is 0 Å². The van der Waals surface area contributed by atoms with Gasteiger partial charge in [-0.25, -0.2) is 0 Å². The van der Waals surface area contributed by atoms with Crippen LogP contribution in [0.15, 0.2) is 30.4 Å². The van der Waals surface area contributed by atoms with Crippen molar-refractivity contribution in [3.63, 3.8) is 0 Å². The number of carbonyl (C=O) groups excluding carboxylic acids is 1. The molecule has 0 unspecified atom stereocenters. The highest BCUT2D eigenvalue weighted by atomic mass is 16.1. The molecule has 0 atom stereocenters. The fourth-order valence-electron chi connectivity index (χ4n) is 0.503. The van der Waals surface area contributed by atoms with E-state index in [1.165, 1.54) is 13.1 Å². The number of aliphatic imine (C=N–C) groups is 1. The maximum Gasteiger partial charge on any atom is 0.217 e. The average Bonchev–Trinajstić information content (AvgIpc) is 2.15. The van der Waals surface area contributed by atoms with Crippen molar-refractivity contribution < 1.29 is 4.79 Å². The Bertz CT molecular complexity index is 195. The average molecular weight is 182 g/mol. The molecule has 0 saturated heterocycles. The van der Waals surface area contributed by atoms with E-state index in [4.69, 9.17) is 0 Å². The van der Waals surface area contributed by atoms with E-state index in [1.807, 2.05) is 13.8 Å². The van der Waals surface area contributed by atoms with Gasteiger partial charge in [0.1, 0.15) is 0 Å². The maximum absolute atomic E-state index is 10.4. The first-order valence-electron chi connectivity index (χ1n) is 4.25. The largest absolute Gasteiger partial charge is 0.351 e. The van der Waals surface area contributed by atoms with Crippen LogP contribution < -0.4 is 5.32 Å². The first kappa shape index (κ1) is 14.2. The van der Waals surface area contributed by atoms with Crippen molar-refractivity contribution in [1.29, 1.82) is 0 Å². The lowest BCUT2D eigenvalue weighted by Crippen LogP contribution is -2.25. The molecule has 0 radical (unpaired) electrons. The van der Waals surface area contributed by atoms with E-state index in [2.05, 4.69) is 23.5 Å². The van der Waals surface area contributed by atoms with E-state index in [-0.39, 0.29) is 5.91 Å². The number of rotatable bonds is 4. The Morgan fingerprint density at radius 2 is 2.00 bits per heavy atom. The van der Waals surface area contributed by atoms with Gasteiger partial charge in [-0.3, -0.25) is 9.79 Å². The highest BCUT2D eigenvalue weighted by molar-refractivity contribution is 5.98. The molecule has 3 nitrogen and oxygen atoms in total. The van der Waals surface area contributed by atoms with Gasteiger partial charge in [0.25, 0.3) is 0 Å². The van der Waals surface area contributed by atoms with Crippen molar-refractivity contribution in [3.05, 3.63) is 25.4 Å². The van der Waals surface area contributed by atoms with E-state index in [0.29, 0.717) is 12.3 Å². The second-order valence-electron chi connectivity index (χ2n) is 1.92. The molecule has 0 heterocycles. The summed E-state index contributed by atoms with van der Waals surface area (Å²) in [5.74, 6) is -0.0800. The first-order valence-corrected chi connectivity index (χ1v) is 4.25. The lowest BCUT2D eigenvalue weighted by Gasteiger charge is -1.99. The fourth-order valence-corrected chi connectivity index (χ4v) is 0.503. The van der Waals surface area contributed by atoms with Crippen LogP contribution >= 0.6 is 0 Å².